The zero-order valence-electron chi connectivity index (χ0n) is 7.72. The van der Waals surface area contributed by atoms with Gasteiger partial charge in [-0.1, -0.05) is 0 Å². The standard InChI is InChI=1S/C8H9FN4OS/c9-6-7(5-3-11-15-4-5)12-13(1-2-14)8(6)10/h3-4,14H,1-2,10H2. The number of aliphatic hydroxyl groups excluding tert-OH is 1. The maximum atomic E-state index is 13.6. The van der Waals surface area contributed by atoms with E-state index in [0.717, 1.165) is 0 Å². The van der Waals surface area contributed by atoms with Crippen molar-refractivity contribution in [2.24, 2.45) is 0 Å². The lowest BCUT2D eigenvalue weighted by Gasteiger charge is -1.98. The molecule has 3 N–H and O–H groups in total. The van der Waals surface area contributed by atoms with E-state index in [1.165, 1.54) is 22.4 Å². The molecule has 0 atom stereocenters. The molecule has 2 aromatic heterocycles. The second-order valence-electron chi connectivity index (χ2n) is 2.91. The lowest BCUT2D eigenvalue weighted by molar-refractivity contribution is 0.270. The van der Waals surface area contributed by atoms with Crippen LogP contribution in [-0.4, -0.2) is 25.9 Å². The molecule has 0 spiro atoms. The van der Waals surface area contributed by atoms with Gasteiger partial charge < -0.3 is 10.8 Å². The molecule has 2 heterocycles. The third kappa shape index (κ3) is 1.71. The molecule has 0 amide bonds. The molecule has 0 aliphatic heterocycles. The first-order valence-corrected chi connectivity index (χ1v) is 5.10. The monoisotopic (exact) mass is 228 g/mol. The van der Waals surface area contributed by atoms with Gasteiger partial charge in [-0.15, -0.1) is 0 Å². The lowest BCUT2D eigenvalue weighted by atomic mass is 10.2. The Morgan fingerprint density at radius 1 is 1.60 bits per heavy atom. The van der Waals surface area contributed by atoms with Crippen molar-refractivity contribution in [1.82, 2.24) is 14.2 Å². The van der Waals surface area contributed by atoms with E-state index >= 15 is 0 Å². The van der Waals surface area contributed by atoms with Crippen LogP contribution in [0.4, 0.5) is 10.2 Å². The third-order valence-electron chi connectivity index (χ3n) is 1.95. The van der Waals surface area contributed by atoms with Gasteiger partial charge in [-0.3, -0.25) is 0 Å². The average Bonchev–Trinajstić information content (AvgIpc) is 2.82. The van der Waals surface area contributed by atoms with Crippen LogP contribution in [0.15, 0.2) is 11.6 Å². The number of anilines is 1. The highest BCUT2D eigenvalue weighted by Gasteiger charge is 2.17. The Balaban J connectivity index is 2.45. The summed E-state index contributed by atoms with van der Waals surface area (Å²) in [7, 11) is 0. The SMILES string of the molecule is Nc1c(F)c(-c2cnsc2)nn1CCO. The van der Waals surface area contributed by atoms with Gasteiger partial charge >= 0.3 is 0 Å². The van der Waals surface area contributed by atoms with Crippen LogP contribution in [0.5, 0.6) is 0 Å². The molecule has 2 aromatic rings. The number of aliphatic hydroxyl groups is 1. The quantitative estimate of drug-likeness (QED) is 0.811. The van der Waals surface area contributed by atoms with Gasteiger partial charge in [0.2, 0.25) is 0 Å². The smallest absolute Gasteiger partial charge is 0.192 e. The number of halogens is 1. The highest BCUT2D eigenvalue weighted by molar-refractivity contribution is 7.03. The second-order valence-corrected chi connectivity index (χ2v) is 3.57. The van der Waals surface area contributed by atoms with Crippen molar-refractivity contribution < 1.29 is 9.50 Å². The van der Waals surface area contributed by atoms with Crippen molar-refractivity contribution in [1.29, 1.82) is 0 Å². The van der Waals surface area contributed by atoms with Gasteiger partial charge in [0.05, 0.1) is 19.3 Å². The van der Waals surface area contributed by atoms with Crippen molar-refractivity contribution in [2.45, 2.75) is 6.54 Å². The normalized spacial score (nSPS) is 10.8. The van der Waals surface area contributed by atoms with Crippen LogP contribution in [0.25, 0.3) is 11.3 Å². The molecule has 0 saturated carbocycles. The number of hydrogen-bond donors (Lipinski definition) is 2. The second kappa shape index (κ2) is 3.95. The van der Waals surface area contributed by atoms with Gasteiger partial charge in [0.15, 0.2) is 11.6 Å². The van der Waals surface area contributed by atoms with E-state index in [2.05, 4.69) is 9.47 Å². The maximum Gasteiger partial charge on any atom is 0.192 e. The molecular weight excluding hydrogens is 219 g/mol. The molecule has 0 aliphatic carbocycles. The van der Waals surface area contributed by atoms with Gasteiger partial charge in [-0.2, -0.15) is 5.10 Å². The predicted octanol–water partition coefficient (Wildman–Crippen LogP) is 0.720. The molecule has 7 heteroatoms. The van der Waals surface area contributed by atoms with Crippen LogP contribution in [0, 0.1) is 5.82 Å². The highest BCUT2D eigenvalue weighted by Crippen LogP contribution is 2.25. The first kappa shape index (κ1) is 10.1. The Morgan fingerprint density at radius 3 is 3.00 bits per heavy atom. The van der Waals surface area contributed by atoms with Gasteiger partial charge in [0.1, 0.15) is 5.69 Å². The van der Waals surface area contributed by atoms with Crippen LogP contribution in [0.2, 0.25) is 0 Å². The van der Waals surface area contributed by atoms with Crippen LogP contribution < -0.4 is 5.73 Å². The number of rotatable bonds is 3. The van der Waals surface area contributed by atoms with Gasteiger partial charge in [-0.25, -0.2) is 13.4 Å². The summed E-state index contributed by atoms with van der Waals surface area (Å²) in [6.45, 7) is 0.0486. The Bertz CT molecular complexity index is 453. The zero-order chi connectivity index (χ0) is 10.8. The number of nitrogens with two attached hydrogens (primary N) is 1. The minimum Gasteiger partial charge on any atom is -0.394 e. The van der Waals surface area contributed by atoms with Crippen LogP contribution in [0.3, 0.4) is 0 Å². The molecule has 5 nitrogen and oxygen atoms in total. The topological polar surface area (TPSA) is 77.0 Å². The van der Waals surface area contributed by atoms with Crippen LogP contribution in [0.1, 0.15) is 0 Å². The fourth-order valence-electron chi connectivity index (χ4n) is 1.22. The largest absolute Gasteiger partial charge is 0.394 e. The van der Waals surface area contributed by atoms with E-state index in [1.807, 2.05) is 0 Å². The summed E-state index contributed by atoms with van der Waals surface area (Å²) < 4.78 is 18.7. The number of nitrogens with zero attached hydrogens (tertiary/aromatic N) is 3. The minimum absolute atomic E-state index is 0.0646. The molecule has 0 fully saturated rings. The third-order valence-corrected chi connectivity index (χ3v) is 2.54. The molecule has 15 heavy (non-hydrogen) atoms. The maximum absolute atomic E-state index is 13.6. The summed E-state index contributed by atoms with van der Waals surface area (Å²) in [4.78, 5) is 0. The summed E-state index contributed by atoms with van der Waals surface area (Å²) >= 11 is 1.22. The fourth-order valence-corrected chi connectivity index (χ4v) is 1.75. The first-order chi connectivity index (χ1) is 7.24. The molecule has 80 valence electrons. The fraction of sp³-hybridized carbons (Fsp3) is 0.250. The lowest BCUT2D eigenvalue weighted by Crippen LogP contribution is -2.07. The summed E-state index contributed by atoms with van der Waals surface area (Å²) in [5.41, 5.74) is 6.27. The Hall–Kier alpha value is -1.47. The summed E-state index contributed by atoms with van der Waals surface area (Å²) in [6, 6.07) is 0. The van der Waals surface area contributed by atoms with Crippen molar-refractivity contribution in [3.8, 4) is 11.3 Å². The summed E-state index contributed by atoms with van der Waals surface area (Å²) in [5.74, 6) is -0.631. The molecule has 0 aromatic carbocycles. The molecule has 2 rings (SSSR count). The van der Waals surface area contributed by atoms with E-state index in [4.69, 9.17) is 10.8 Å². The summed E-state index contributed by atoms with van der Waals surface area (Å²) in [6.07, 6.45) is 1.53. The van der Waals surface area contributed by atoms with Crippen molar-refractivity contribution in [3.05, 3.63) is 17.4 Å². The van der Waals surface area contributed by atoms with E-state index in [9.17, 15) is 4.39 Å². The first-order valence-electron chi connectivity index (χ1n) is 4.26. The van der Waals surface area contributed by atoms with Gasteiger partial charge in [0, 0.05) is 10.9 Å². The molecule has 0 saturated heterocycles. The number of hydrogen-bond acceptors (Lipinski definition) is 5. The van der Waals surface area contributed by atoms with Crippen molar-refractivity contribution in [2.75, 3.05) is 12.3 Å². The molecule has 0 unspecified atom stereocenters. The molecule has 0 aliphatic rings. The van der Waals surface area contributed by atoms with Crippen molar-refractivity contribution >= 4 is 17.4 Å². The van der Waals surface area contributed by atoms with E-state index in [-0.39, 0.29) is 24.7 Å². The Labute approximate surface area is 89.1 Å². The zero-order valence-corrected chi connectivity index (χ0v) is 8.54. The Morgan fingerprint density at radius 2 is 2.40 bits per heavy atom. The van der Waals surface area contributed by atoms with Gasteiger partial charge in [-0.05, 0) is 11.5 Å². The van der Waals surface area contributed by atoms with Gasteiger partial charge in [0.25, 0.3) is 0 Å². The van der Waals surface area contributed by atoms with E-state index < -0.39 is 5.82 Å². The van der Waals surface area contributed by atoms with E-state index in [0.29, 0.717) is 5.56 Å². The number of nitrogen functional groups attached to an aromatic ring is 1. The van der Waals surface area contributed by atoms with Crippen molar-refractivity contribution in [3.63, 3.8) is 0 Å². The average molecular weight is 228 g/mol. The van der Waals surface area contributed by atoms with E-state index in [1.54, 1.807) is 5.38 Å². The predicted molar refractivity (Wildman–Crippen MR) is 54.8 cm³/mol. The minimum atomic E-state index is -0.566. The molecule has 0 bridgehead atoms. The highest BCUT2D eigenvalue weighted by atomic mass is 32.1. The summed E-state index contributed by atoms with van der Waals surface area (Å²) in [5, 5.41) is 14.4. The molecule has 0 radical (unpaired) electrons. The van der Waals surface area contributed by atoms with Crippen LogP contribution >= 0.6 is 11.5 Å². The molecular formula is C8H9FN4OS. The van der Waals surface area contributed by atoms with Crippen LogP contribution in [-0.2, 0) is 6.54 Å². The Kier molecular flexibility index (Phi) is 2.65. The number of aromatic nitrogens is 3.